The van der Waals surface area contributed by atoms with E-state index in [4.69, 9.17) is 11.6 Å². The Labute approximate surface area is 109 Å². The number of β-amino-alcohol motifs (C(OH)–C–C–N with tert-alkyl or cyclic N) is 1. The number of aromatic nitrogens is 1. The van der Waals surface area contributed by atoms with E-state index in [0.29, 0.717) is 19.5 Å². The topological polar surface area (TPSA) is 79.5 Å². The molecule has 0 bridgehead atoms. The predicted molar refractivity (Wildman–Crippen MR) is 68.0 cm³/mol. The molecule has 0 atom stereocenters. The first-order valence-electron chi connectivity index (χ1n) is 5.72. The van der Waals surface area contributed by atoms with E-state index in [9.17, 15) is 15.2 Å². The Bertz CT molecular complexity index is 475. The lowest BCUT2D eigenvalue weighted by atomic mass is 9.89. The monoisotopic (exact) mass is 271 g/mol. The summed E-state index contributed by atoms with van der Waals surface area (Å²) in [4.78, 5) is 16.1. The van der Waals surface area contributed by atoms with Crippen LogP contribution in [0, 0.1) is 10.1 Å². The second-order valence-corrected chi connectivity index (χ2v) is 5.02. The first-order chi connectivity index (χ1) is 8.45. The molecule has 7 heteroatoms. The number of pyridine rings is 1. The average molecular weight is 272 g/mol. The van der Waals surface area contributed by atoms with Crippen LogP contribution in [0.1, 0.15) is 19.8 Å². The van der Waals surface area contributed by atoms with Crippen molar-refractivity contribution in [2.45, 2.75) is 25.4 Å². The number of halogens is 1. The molecule has 1 aliphatic rings. The number of anilines is 1. The molecule has 0 saturated carbocycles. The van der Waals surface area contributed by atoms with Gasteiger partial charge in [-0.25, -0.2) is 4.98 Å². The average Bonchev–Trinajstić information content (AvgIpc) is 2.26. The minimum Gasteiger partial charge on any atom is -0.386 e. The van der Waals surface area contributed by atoms with E-state index in [1.165, 1.54) is 12.3 Å². The summed E-state index contributed by atoms with van der Waals surface area (Å²) in [5.41, 5.74) is -0.870. The zero-order chi connectivity index (χ0) is 13.3. The normalized spacial score (nSPS) is 17.4. The molecule has 1 fully saturated rings. The molecular weight excluding hydrogens is 258 g/mol. The Morgan fingerprint density at radius 3 is 2.89 bits per heavy atom. The second kappa shape index (κ2) is 4.70. The van der Waals surface area contributed by atoms with E-state index in [2.05, 4.69) is 4.98 Å². The zero-order valence-electron chi connectivity index (χ0n) is 9.97. The van der Waals surface area contributed by atoms with Crippen molar-refractivity contribution in [2.75, 3.05) is 18.0 Å². The molecule has 1 aliphatic heterocycles. The van der Waals surface area contributed by atoms with Gasteiger partial charge in [0.1, 0.15) is 0 Å². The van der Waals surface area contributed by atoms with Crippen LogP contribution in [-0.2, 0) is 0 Å². The summed E-state index contributed by atoms with van der Waals surface area (Å²) in [7, 11) is 0. The molecule has 0 aromatic carbocycles. The smallest absolute Gasteiger partial charge is 0.313 e. The number of rotatable bonds is 4. The van der Waals surface area contributed by atoms with Gasteiger partial charge in [-0.15, -0.1) is 0 Å². The van der Waals surface area contributed by atoms with E-state index in [1.54, 1.807) is 4.90 Å². The van der Waals surface area contributed by atoms with Crippen LogP contribution >= 0.6 is 11.6 Å². The van der Waals surface area contributed by atoms with E-state index in [0.717, 1.165) is 6.42 Å². The van der Waals surface area contributed by atoms with Gasteiger partial charge in [0, 0.05) is 12.3 Å². The lowest BCUT2D eigenvalue weighted by Crippen LogP contribution is -2.62. The Kier molecular flexibility index (Phi) is 3.41. The summed E-state index contributed by atoms with van der Waals surface area (Å²) in [6.45, 7) is 2.73. The van der Waals surface area contributed by atoms with Crippen molar-refractivity contribution in [2.24, 2.45) is 0 Å². The standard InChI is InChI=1S/C11H14ClN3O3/c1-2-3-11(16)6-14(7-11)10-9(15(17)18)4-8(12)5-13-10/h4-5,16H,2-3,6-7H2,1H3. The molecule has 0 spiro atoms. The maximum Gasteiger partial charge on any atom is 0.313 e. The summed E-state index contributed by atoms with van der Waals surface area (Å²) in [6.07, 6.45) is 2.94. The zero-order valence-corrected chi connectivity index (χ0v) is 10.7. The summed E-state index contributed by atoms with van der Waals surface area (Å²) in [5.74, 6) is 0.269. The van der Waals surface area contributed by atoms with Crippen molar-refractivity contribution in [1.29, 1.82) is 0 Å². The number of nitro groups is 1. The van der Waals surface area contributed by atoms with Crippen LogP contribution in [0.5, 0.6) is 0 Å². The van der Waals surface area contributed by atoms with Crippen molar-refractivity contribution in [3.63, 3.8) is 0 Å². The van der Waals surface area contributed by atoms with Gasteiger partial charge < -0.3 is 10.0 Å². The van der Waals surface area contributed by atoms with Gasteiger partial charge in [0.05, 0.1) is 28.6 Å². The summed E-state index contributed by atoms with van der Waals surface area (Å²) in [5, 5.41) is 21.2. The molecule has 98 valence electrons. The highest BCUT2D eigenvalue weighted by atomic mass is 35.5. The molecule has 6 nitrogen and oxygen atoms in total. The molecule has 0 aliphatic carbocycles. The minimum absolute atomic E-state index is 0.124. The first-order valence-corrected chi connectivity index (χ1v) is 6.10. The van der Waals surface area contributed by atoms with Crippen molar-refractivity contribution in [1.82, 2.24) is 4.98 Å². The van der Waals surface area contributed by atoms with Crippen molar-refractivity contribution in [3.8, 4) is 0 Å². The lowest BCUT2D eigenvalue weighted by molar-refractivity contribution is -0.384. The number of hydrogen-bond donors (Lipinski definition) is 1. The highest BCUT2D eigenvalue weighted by Crippen LogP contribution is 2.35. The quantitative estimate of drug-likeness (QED) is 0.669. The fraction of sp³-hybridized carbons (Fsp3) is 0.545. The molecule has 1 aromatic rings. The molecule has 2 heterocycles. The molecule has 0 unspecified atom stereocenters. The molecule has 1 aromatic heterocycles. The van der Waals surface area contributed by atoms with Gasteiger partial charge in [0.2, 0.25) is 5.82 Å². The molecular formula is C11H14ClN3O3. The van der Waals surface area contributed by atoms with Crippen molar-refractivity contribution < 1.29 is 10.0 Å². The molecule has 1 N–H and O–H groups in total. The van der Waals surface area contributed by atoms with Gasteiger partial charge in [0.15, 0.2) is 0 Å². The van der Waals surface area contributed by atoms with Crippen LogP contribution in [0.3, 0.4) is 0 Å². The van der Waals surface area contributed by atoms with Crippen LogP contribution in [0.2, 0.25) is 5.02 Å². The Morgan fingerprint density at radius 2 is 2.33 bits per heavy atom. The fourth-order valence-corrected chi connectivity index (χ4v) is 2.39. The Balaban J connectivity index is 2.19. The van der Waals surface area contributed by atoms with Gasteiger partial charge in [-0.3, -0.25) is 10.1 Å². The van der Waals surface area contributed by atoms with Crippen LogP contribution in [0.15, 0.2) is 12.3 Å². The molecule has 2 rings (SSSR count). The van der Waals surface area contributed by atoms with Crippen molar-refractivity contribution in [3.05, 3.63) is 27.4 Å². The molecule has 1 saturated heterocycles. The second-order valence-electron chi connectivity index (χ2n) is 4.58. The maximum absolute atomic E-state index is 10.9. The van der Waals surface area contributed by atoms with Crippen LogP contribution in [0.25, 0.3) is 0 Å². The lowest BCUT2D eigenvalue weighted by Gasteiger charge is -2.46. The van der Waals surface area contributed by atoms with E-state index in [-0.39, 0.29) is 16.5 Å². The van der Waals surface area contributed by atoms with E-state index < -0.39 is 10.5 Å². The van der Waals surface area contributed by atoms with Crippen molar-refractivity contribution >= 4 is 23.1 Å². The fourth-order valence-electron chi connectivity index (χ4n) is 2.24. The van der Waals surface area contributed by atoms with Gasteiger partial charge in [-0.05, 0) is 6.42 Å². The Morgan fingerprint density at radius 1 is 1.67 bits per heavy atom. The number of nitrogens with zero attached hydrogens (tertiary/aromatic N) is 3. The third-order valence-electron chi connectivity index (χ3n) is 3.00. The highest BCUT2D eigenvalue weighted by molar-refractivity contribution is 6.30. The third kappa shape index (κ3) is 2.39. The van der Waals surface area contributed by atoms with E-state index >= 15 is 0 Å². The highest BCUT2D eigenvalue weighted by Gasteiger charge is 2.43. The molecule has 0 amide bonds. The van der Waals surface area contributed by atoms with E-state index in [1.807, 2.05) is 6.92 Å². The predicted octanol–water partition coefficient (Wildman–Crippen LogP) is 1.99. The third-order valence-corrected chi connectivity index (χ3v) is 3.20. The first kappa shape index (κ1) is 13.0. The molecule has 0 radical (unpaired) electrons. The number of aliphatic hydroxyl groups is 1. The SMILES string of the molecule is CCCC1(O)CN(c2ncc(Cl)cc2[N+](=O)[O-])C1. The number of hydrogen-bond acceptors (Lipinski definition) is 5. The van der Waals surface area contributed by atoms with Gasteiger partial charge in [-0.2, -0.15) is 0 Å². The summed E-state index contributed by atoms with van der Waals surface area (Å²) in [6, 6.07) is 1.28. The van der Waals surface area contributed by atoms with Gasteiger partial charge >= 0.3 is 5.69 Å². The summed E-state index contributed by atoms with van der Waals surface area (Å²) < 4.78 is 0. The Hall–Kier alpha value is -1.40. The minimum atomic E-state index is -0.746. The largest absolute Gasteiger partial charge is 0.386 e. The van der Waals surface area contributed by atoms with Gasteiger partial charge in [-0.1, -0.05) is 24.9 Å². The maximum atomic E-state index is 10.9. The van der Waals surface area contributed by atoms with Gasteiger partial charge in [0.25, 0.3) is 0 Å². The summed E-state index contributed by atoms with van der Waals surface area (Å²) >= 11 is 5.70. The van der Waals surface area contributed by atoms with Crippen LogP contribution < -0.4 is 4.90 Å². The van der Waals surface area contributed by atoms with Crippen LogP contribution in [0.4, 0.5) is 11.5 Å². The van der Waals surface area contributed by atoms with Crippen LogP contribution in [-0.4, -0.2) is 33.7 Å². The molecule has 18 heavy (non-hydrogen) atoms.